The van der Waals surface area contributed by atoms with Crippen molar-refractivity contribution >= 4 is 11.9 Å². The van der Waals surface area contributed by atoms with Crippen molar-refractivity contribution < 1.29 is 19.1 Å². The van der Waals surface area contributed by atoms with E-state index in [2.05, 4.69) is 21.6 Å². The highest BCUT2D eigenvalue weighted by atomic mass is 16.5. The minimum Gasteiger partial charge on any atom is -0.464 e. The molecule has 1 aromatic heterocycles. The molecular weight excluding hydrogens is 296 g/mol. The normalized spacial score (nSPS) is 10.3. The molecule has 1 heterocycles. The molecule has 0 aliphatic rings. The summed E-state index contributed by atoms with van der Waals surface area (Å²) in [6.45, 7) is 2.53. The van der Waals surface area contributed by atoms with Gasteiger partial charge in [-0.25, -0.2) is 19.6 Å². The third-order valence-corrected chi connectivity index (χ3v) is 3.50. The monoisotopic (exact) mass is 322 g/mol. The summed E-state index contributed by atoms with van der Waals surface area (Å²) in [6, 6.07) is 0. The zero-order valence-electron chi connectivity index (χ0n) is 14.0. The van der Waals surface area contributed by atoms with Gasteiger partial charge in [0.2, 0.25) is 0 Å². The molecule has 0 aromatic carbocycles. The van der Waals surface area contributed by atoms with Crippen LogP contribution < -0.4 is 0 Å². The van der Waals surface area contributed by atoms with E-state index in [1.165, 1.54) is 51.6 Å². The van der Waals surface area contributed by atoms with E-state index >= 15 is 0 Å². The number of nitrogens with zero attached hydrogens (tertiary/aromatic N) is 2. The number of unbranched alkanes of at least 4 members (excludes halogenated alkanes) is 7. The first kappa shape index (κ1) is 19.1. The van der Waals surface area contributed by atoms with Crippen LogP contribution in [0.1, 0.15) is 79.3 Å². The molecule has 23 heavy (non-hydrogen) atoms. The van der Waals surface area contributed by atoms with E-state index in [0.717, 1.165) is 19.3 Å². The van der Waals surface area contributed by atoms with Crippen LogP contribution in [0.3, 0.4) is 0 Å². The molecule has 0 fully saturated rings. The largest absolute Gasteiger partial charge is 0.464 e. The first-order valence-corrected chi connectivity index (χ1v) is 8.27. The SMILES string of the molecule is CCCCCCCCCCOC(=O)c1nccnc1C(=O)OC. The fraction of sp³-hybridized carbons (Fsp3) is 0.647. The van der Waals surface area contributed by atoms with E-state index < -0.39 is 11.9 Å². The van der Waals surface area contributed by atoms with Crippen molar-refractivity contribution in [2.45, 2.75) is 58.3 Å². The molecule has 0 amide bonds. The maximum absolute atomic E-state index is 12.0. The second-order valence-electron chi connectivity index (χ2n) is 5.36. The predicted octanol–water partition coefficient (Wildman–Crippen LogP) is 3.56. The Morgan fingerprint density at radius 1 is 0.870 bits per heavy atom. The number of esters is 2. The highest BCUT2D eigenvalue weighted by Gasteiger charge is 2.21. The number of methoxy groups -OCH3 is 1. The van der Waals surface area contributed by atoms with Crippen LogP contribution in [-0.4, -0.2) is 35.6 Å². The Morgan fingerprint density at radius 3 is 1.96 bits per heavy atom. The molecular formula is C17H26N2O4. The van der Waals surface area contributed by atoms with Crippen molar-refractivity contribution in [1.29, 1.82) is 0 Å². The van der Waals surface area contributed by atoms with Crippen LogP contribution in [0.25, 0.3) is 0 Å². The van der Waals surface area contributed by atoms with Crippen LogP contribution in [0.4, 0.5) is 0 Å². The number of rotatable bonds is 11. The summed E-state index contributed by atoms with van der Waals surface area (Å²) < 4.78 is 9.74. The van der Waals surface area contributed by atoms with Crippen molar-refractivity contribution in [2.75, 3.05) is 13.7 Å². The van der Waals surface area contributed by atoms with Crippen molar-refractivity contribution in [1.82, 2.24) is 9.97 Å². The molecule has 0 radical (unpaired) electrons. The van der Waals surface area contributed by atoms with Gasteiger partial charge in [-0.3, -0.25) is 0 Å². The van der Waals surface area contributed by atoms with E-state index in [0.29, 0.717) is 6.61 Å². The van der Waals surface area contributed by atoms with Crippen molar-refractivity contribution in [3.05, 3.63) is 23.8 Å². The van der Waals surface area contributed by atoms with Gasteiger partial charge in [-0.2, -0.15) is 0 Å². The fourth-order valence-corrected chi connectivity index (χ4v) is 2.20. The summed E-state index contributed by atoms with van der Waals surface area (Å²) in [6.07, 6.45) is 12.0. The molecule has 0 spiro atoms. The van der Waals surface area contributed by atoms with E-state index in [1.807, 2.05) is 0 Å². The van der Waals surface area contributed by atoms with E-state index in [-0.39, 0.29) is 11.4 Å². The summed E-state index contributed by atoms with van der Waals surface area (Å²) in [7, 11) is 1.23. The fourth-order valence-electron chi connectivity index (χ4n) is 2.20. The quantitative estimate of drug-likeness (QED) is 0.458. The van der Waals surface area contributed by atoms with Gasteiger partial charge in [0.1, 0.15) is 0 Å². The maximum atomic E-state index is 12.0. The molecule has 0 bridgehead atoms. The van der Waals surface area contributed by atoms with Gasteiger partial charge in [-0.15, -0.1) is 0 Å². The first-order chi connectivity index (χ1) is 11.2. The van der Waals surface area contributed by atoms with Crippen molar-refractivity contribution in [3.63, 3.8) is 0 Å². The smallest absolute Gasteiger partial charge is 0.359 e. The minimum atomic E-state index is -0.697. The predicted molar refractivity (Wildman–Crippen MR) is 86.3 cm³/mol. The number of carbonyl (C=O) groups excluding carboxylic acids is 2. The minimum absolute atomic E-state index is 0.0982. The van der Waals surface area contributed by atoms with Gasteiger partial charge in [0.05, 0.1) is 13.7 Å². The number of aromatic nitrogens is 2. The molecule has 0 aliphatic carbocycles. The van der Waals surface area contributed by atoms with Crippen LogP contribution in [-0.2, 0) is 9.47 Å². The average molecular weight is 322 g/mol. The summed E-state index contributed by atoms with van der Waals surface area (Å²) in [5.41, 5.74) is -0.213. The lowest BCUT2D eigenvalue weighted by atomic mass is 10.1. The Morgan fingerprint density at radius 2 is 1.39 bits per heavy atom. The summed E-state index contributed by atoms with van der Waals surface area (Å²) >= 11 is 0. The molecule has 0 atom stereocenters. The zero-order chi connectivity index (χ0) is 16.9. The third kappa shape index (κ3) is 7.21. The van der Waals surface area contributed by atoms with Crippen molar-refractivity contribution in [2.24, 2.45) is 0 Å². The second-order valence-corrected chi connectivity index (χ2v) is 5.36. The topological polar surface area (TPSA) is 78.4 Å². The third-order valence-electron chi connectivity index (χ3n) is 3.50. The van der Waals surface area contributed by atoms with Gasteiger partial charge in [-0.1, -0.05) is 51.9 Å². The molecule has 0 saturated carbocycles. The van der Waals surface area contributed by atoms with Gasteiger partial charge in [0.25, 0.3) is 0 Å². The van der Waals surface area contributed by atoms with E-state index in [9.17, 15) is 9.59 Å². The lowest BCUT2D eigenvalue weighted by Crippen LogP contribution is -2.17. The zero-order valence-corrected chi connectivity index (χ0v) is 14.0. The lowest BCUT2D eigenvalue weighted by Gasteiger charge is -2.06. The first-order valence-electron chi connectivity index (χ1n) is 8.27. The van der Waals surface area contributed by atoms with Crippen LogP contribution in [0.2, 0.25) is 0 Å². The number of ether oxygens (including phenoxy) is 2. The Kier molecular flexibility index (Phi) is 9.59. The Hall–Kier alpha value is -1.98. The van der Waals surface area contributed by atoms with Gasteiger partial charge in [-0.05, 0) is 6.42 Å². The average Bonchev–Trinajstić information content (AvgIpc) is 2.59. The van der Waals surface area contributed by atoms with Gasteiger partial charge in [0.15, 0.2) is 11.4 Å². The van der Waals surface area contributed by atoms with Crippen LogP contribution in [0, 0.1) is 0 Å². The van der Waals surface area contributed by atoms with Crippen molar-refractivity contribution in [3.8, 4) is 0 Å². The highest BCUT2D eigenvalue weighted by molar-refractivity contribution is 6.00. The number of hydrogen-bond donors (Lipinski definition) is 0. The van der Waals surface area contributed by atoms with Crippen LogP contribution in [0.5, 0.6) is 0 Å². The lowest BCUT2D eigenvalue weighted by molar-refractivity contribution is 0.0470. The van der Waals surface area contributed by atoms with Gasteiger partial charge in [0, 0.05) is 12.4 Å². The van der Waals surface area contributed by atoms with Gasteiger partial charge >= 0.3 is 11.9 Å². The molecule has 1 rings (SSSR count). The molecule has 0 N–H and O–H groups in total. The summed E-state index contributed by atoms with van der Waals surface area (Å²) in [4.78, 5) is 31.2. The van der Waals surface area contributed by atoms with Gasteiger partial charge < -0.3 is 9.47 Å². The Labute approximate surface area is 137 Å². The van der Waals surface area contributed by atoms with E-state index in [1.54, 1.807) is 0 Å². The van der Waals surface area contributed by atoms with Crippen LogP contribution in [0.15, 0.2) is 12.4 Å². The standard InChI is InChI=1S/C17H26N2O4/c1-3-4-5-6-7-8-9-10-13-23-17(21)15-14(16(20)22-2)18-11-12-19-15/h11-12H,3-10,13H2,1-2H3. The molecule has 0 saturated heterocycles. The molecule has 1 aromatic rings. The number of hydrogen-bond acceptors (Lipinski definition) is 6. The Balaban J connectivity index is 2.26. The number of carbonyl (C=O) groups is 2. The molecule has 0 aliphatic heterocycles. The molecule has 128 valence electrons. The molecule has 0 unspecified atom stereocenters. The summed E-state index contributed by atoms with van der Waals surface area (Å²) in [5, 5.41) is 0. The maximum Gasteiger partial charge on any atom is 0.359 e. The summed E-state index contributed by atoms with van der Waals surface area (Å²) in [5.74, 6) is -1.33. The highest BCUT2D eigenvalue weighted by Crippen LogP contribution is 2.09. The second kappa shape index (κ2) is 11.6. The Bertz CT molecular complexity index is 491. The van der Waals surface area contributed by atoms with Crippen LogP contribution >= 0.6 is 0 Å². The van der Waals surface area contributed by atoms with E-state index in [4.69, 9.17) is 4.74 Å². The molecule has 6 heteroatoms. The molecule has 6 nitrogen and oxygen atoms in total.